The van der Waals surface area contributed by atoms with Crippen molar-refractivity contribution in [1.82, 2.24) is 4.90 Å². The molecule has 3 rings (SSSR count). The van der Waals surface area contributed by atoms with E-state index in [1.807, 2.05) is 31.2 Å². The summed E-state index contributed by atoms with van der Waals surface area (Å²) in [6, 6.07) is 13.8. The fourth-order valence-corrected chi connectivity index (χ4v) is 5.25. The number of aliphatic carboxylic acids is 1. The topological polar surface area (TPSA) is 115 Å². The summed E-state index contributed by atoms with van der Waals surface area (Å²) in [5.74, 6) is -1.12. The Hall–Kier alpha value is -2.47. The van der Waals surface area contributed by atoms with Crippen LogP contribution in [0.4, 0.5) is 0 Å². The van der Waals surface area contributed by atoms with Crippen molar-refractivity contribution in [2.75, 3.05) is 0 Å². The predicted octanol–water partition coefficient (Wildman–Crippen LogP) is 4.80. The number of carbonyl (C=O) groups excluding carboxylic acids is 1. The van der Waals surface area contributed by atoms with Crippen LogP contribution in [0, 0.1) is 12.8 Å². The molecule has 0 spiro atoms. The second-order valence-corrected chi connectivity index (χ2v) is 10.6. The summed E-state index contributed by atoms with van der Waals surface area (Å²) >= 11 is 0. The molecule has 0 aliphatic heterocycles. The van der Waals surface area contributed by atoms with Crippen LogP contribution in [-0.4, -0.2) is 31.7 Å². The highest BCUT2D eigenvalue weighted by Crippen LogP contribution is 2.39. The van der Waals surface area contributed by atoms with Gasteiger partial charge in [-0.15, -0.1) is 0 Å². The van der Waals surface area contributed by atoms with Gasteiger partial charge in [-0.3, -0.25) is 14.2 Å². The van der Waals surface area contributed by atoms with Crippen molar-refractivity contribution in [2.24, 2.45) is 5.92 Å². The Morgan fingerprint density at radius 3 is 2.24 bits per heavy atom. The Morgan fingerprint density at radius 1 is 1.03 bits per heavy atom. The molecule has 0 bridgehead atoms. The highest BCUT2D eigenvalue weighted by Gasteiger charge is 2.33. The van der Waals surface area contributed by atoms with Crippen molar-refractivity contribution in [2.45, 2.75) is 64.2 Å². The normalized spacial score (nSPS) is 15.7. The monoisotopic (exact) mass is 473 g/mol. The Kier molecular flexibility index (Phi) is 8.46. The maximum Gasteiger partial charge on any atom is 0.329 e. The first-order valence-electron chi connectivity index (χ1n) is 11.3. The standard InChI is InChI=1S/C25H32NO6P/c1-18-6-5-9-22(14-18)23(15-24(27)28)26(25(29)21-7-3-2-4-8-21)16-19-10-12-20(13-11-19)17-33(30,31)32/h5-6,9-14,21,23H,2-4,7-8,15-17H2,1H3,(H,27,28)(H2,30,31,32). The van der Waals surface area contributed by atoms with Crippen LogP contribution < -0.4 is 0 Å². The van der Waals surface area contributed by atoms with Crippen LogP contribution in [0.15, 0.2) is 48.5 Å². The minimum absolute atomic E-state index is 0.0262. The van der Waals surface area contributed by atoms with Gasteiger partial charge in [0.2, 0.25) is 5.91 Å². The zero-order valence-corrected chi connectivity index (χ0v) is 19.8. The van der Waals surface area contributed by atoms with Gasteiger partial charge in [-0.1, -0.05) is 73.4 Å². The molecule has 1 atom stereocenters. The fraction of sp³-hybridized carbons (Fsp3) is 0.440. The van der Waals surface area contributed by atoms with Gasteiger partial charge in [0.1, 0.15) is 0 Å². The molecular weight excluding hydrogens is 441 g/mol. The van der Waals surface area contributed by atoms with E-state index in [0.29, 0.717) is 5.56 Å². The summed E-state index contributed by atoms with van der Waals surface area (Å²) in [4.78, 5) is 45.6. The molecule has 2 aromatic carbocycles. The first kappa shape index (κ1) is 25.2. The highest BCUT2D eigenvalue weighted by atomic mass is 31.2. The Bertz CT molecular complexity index is 1010. The van der Waals surface area contributed by atoms with Crippen LogP contribution in [-0.2, 0) is 26.9 Å². The lowest BCUT2D eigenvalue weighted by Gasteiger charge is -2.35. The van der Waals surface area contributed by atoms with Crippen molar-refractivity contribution in [3.8, 4) is 0 Å². The zero-order valence-electron chi connectivity index (χ0n) is 18.9. The fourth-order valence-electron chi connectivity index (χ4n) is 4.56. The molecule has 3 N–H and O–H groups in total. The Balaban J connectivity index is 1.94. The first-order chi connectivity index (χ1) is 15.6. The molecule has 1 aliphatic rings. The molecule has 1 saturated carbocycles. The van der Waals surface area contributed by atoms with Gasteiger partial charge in [0.25, 0.3) is 0 Å². The molecule has 2 aromatic rings. The summed E-state index contributed by atoms with van der Waals surface area (Å²) in [6.45, 7) is 2.17. The van der Waals surface area contributed by atoms with Crippen molar-refractivity contribution in [3.63, 3.8) is 0 Å². The molecule has 7 nitrogen and oxygen atoms in total. The van der Waals surface area contributed by atoms with E-state index in [4.69, 9.17) is 0 Å². The zero-order chi connectivity index (χ0) is 24.0. The van der Waals surface area contributed by atoms with E-state index < -0.39 is 19.6 Å². The number of hydrogen-bond acceptors (Lipinski definition) is 3. The number of nitrogens with zero attached hydrogens (tertiary/aromatic N) is 1. The third-order valence-corrected chi connectivity index (χ3v) is 6.95. The van der Waals surface area contributed by atoms with Crippen LogP contribution >= 0.6 is 7.60 Å². The van der Waals surface area contributed by atoms with E-state index in [2.05, 4.69) is 0 Å². The van der Waals surface area contributed by atoms with E-state index in [0.717, 1.165) is 48.8 Å². The minimum Gasteiger partial charge on any atom is -0.481 e. The van der Waals surface area contributed by atoms with Gasteiger partial charge in [0, 0.05) is 12.5 Å². The number of benzene rings is 2. The molecule has 0 saturated heterocycles. The SMILES string of the molecule is Cc1cccc(C(CC(=O)O)N(Cc2ccc(CP(=O)(O)O)cc2)C(=O)C2CCCCC2)c1. The summed E-state index contributed by atoms with van der Waals surface area (Å²) in [6.07, 6.45) is 4.18. The molecule has 1 aliphatic carbocycles. The summed E-state index contributed by atoms with van der Waals surface area (Å²) in [7, 11) is -4.17. The third kappa shape index (κ3) is 7.53. The van der Waals surface area contributed by atoms with Crippen LogP contribution in [0.25, 0.3) is 0 Å². The van der Waals surface area contributed by atoms with Gasteiger partial charge in [-0.25, -0.2) is 0 Å². The van der Waals surface area contributed by atoms with Crippen molar-refractivity contribution in [3.05, 3.63) is 70.8 Å². The molecule has 1 amide bonds. The average Bonchev–Trinajstić information content (AvgIpc) is 2.76. The summed E-state index contributed by atoms with van der Waals surface area (Å²) < 4.78 is 11.3. The van der Waals surface area contributed by atoms with E-state index >= 15 is 0 Å². The van der Waals surface area contributed by atoms with Gasteiger partial charge in [-0.05, 0) is 36.5 Å². The van der Waals surface area contributed by atoms with Gasteiger partial charge < -0.3 is 19.8 Å². The first-order valence-corrected chi connectivity index (χ1v) is 13.1. The van der Waals surface area contributed by atoms with Crippen molar-refractivity contribution >= 4 is 19.5 Å². The lowest BCUT2D eigenvalue weighted by molar-refractivity contribution is -0.144. The second-order valence-electron chi connectivity index (χ2n) is 8.97. The number of carboxylic acids is 1. The quantitative estimate of drug-likeness (QED) is 0.451. The number of hydrogen-bond donors (Lipinski definition) is 3. The smallest absolute Gasteiger partial charge is 0.329 e. The number of rotatable bonds is 9. The van der Waals surface area contributed by atoms with Gasteiger partial charge >= 0.3 is 13.6 Å². The maximum atomic E-state index is 13.7. The third-order valence-electron chi connectivity index (χ3n) is 6.17. The van der Waals surface area contributed by atoms with Gasteiger partial charge in [-0.2, -0.15) is 0 Å². The lowest BCUT2D eigenvalue weighted by Crippen LogP contribution is -2.40. The summed E-state index contributed by atoms with van der Waals surface area (Å²) in [5, 5.41) is 9.65. The molecule has 1 fully saturated rings. The summed E-state index contributed by atoms with van der Waals surface area (Å²) in [5.41, 5.74) is 3.09. The van der Waals surface area contributed by atoms with E-state index in [1.54, 1.807) is 29.2 Å². The van der Waals surface area contributed by atoms with Crippen LogP contribution in [0.2, 0.25) is 0 Å². The van der Waals surface area contributed by atoms with Crippen LogP contribution in [0.1, 0.15) is 66.8 Å². The van der Waals surface area contributed by atoms with Crippen molar-refractivity contribution in [1.29, 1.82) is 0 Å². The molecule has 0 heterocycles. The lowest BCUT2D eigenvalue weighted by atomic mass is 9.87. The van der Waals surface area contributed by atoms with Gasteiger partial charge in [0.05, 0.1) is 18.6 Å². The molecule has 8 heteroatoms. The van der Waals surface area contributed by atoms with E-state index in [1.165, 1.54) is 0 Å². The maximum absolute atomic E-state index is 13.7. The number of carbonyl (C=O) groups is 2. The predicted molar refractivity (Wildman–Crippen MR) is 125 cm³/mol. The average molecular weight is 474 g/mol. The highest BCUT2D eigenvalue weighted by molar-refractivity contribution is 7.50. The number of carboxylic acid groups (broad SMARTS) is 1. The molecule has 0 aromatic heterocycles. The Labute approximate surface area is 194 Å². The molecular formula is C25H32NO6P. The van der Waals surface area contributed by atoms with Crippen molar-refractivity contribution < 1.29 is 29.0 Å². The van der Waals surface area contributed by atoms with E-state index in [-0.39, 0.29) is 31.0 Å². The number of amides is 1. The largest absolute Gasteiger partial charge is 0.481 e. The van der Waals surface area contributed by atoms with E-state index in [9.17, 15) is 29.0 Å². The second kappa shape index (κ2) is 11.1. The van der Waals surface area contributed by atoms with Crippen LogP contribution in [0.3, 0.4) is 0 Å². The Morgan fingerprint density at radius 2 is 1.67 bits per heavy atom. The molecule has 1 unspecified atom stereocenters. The molecule has 178 valence electrons. The minimum atomic E-state index is -4.17. The van der Waals surface area contributed by atoms with Crippen LogP contribution in [0.5, 0.6) is 0 Å². The molecule has 0 radical (unpaired) electrons. The van der Waals surface area contributed by atoms with Gasteiger partial charge in [0.15, 0.2) is 0 Å². The molecule has 33 heavy (non-hydrogen) atoms. The number of aryl methyl sites for hydroxylation is 1.